The van der Waals surface area contributed by atoms with Gasteiger partial charge in [0, 0.05) is 28.0 Å². The number of ether oxygens (including phenoxy) is 1. The summed E-state index contributed by atoms with van der Waals surface area (Å²) in [6.45, 7) is 0.549. The van der Waals surface area contributed by atoms with Gasteiger partial charge in [0.15, 0.2) is 0 Å². The summed E-state index contributed by atoms with van der Waals surface area (Å²) in [6.07, 6.45) is 1.83. The molecule has 0 aliphatic heterocycles. The first kappa shape index (κ1) is 13.1. The molecule has 1 aromatic heterocycles. The van der Waals surface area contributed by atoms with Gasteiger partial charge in [0.1, 0.15) is 12.4 Å². The smallest absolute Gasteiger partial charge is 0.123 e. The van der Waals surface area contributed by atoms with Crippen LogP contribution in [0.3, 0.4) is 0 Å². The van der Waals surface area contributed by atoms with Gasteiger partial charge in [-0.3, -0.25) is 4.98 Å². The first-order valence-electron chi connectivity index (χ1n) is 6.48. The molecule has 0 spiro atoms. The van der Waals surface area contributed by atoms with Crippen molar-refractivity contribution in [2.75, 3.05) is 0 Å². The Morgan fingerprint density at radius 3 is 2.60 bits per heavy atom. The summed E-state index contributed by atoms with van der Waals surface area (Å²) in [7, 11) is 0. The predicted molar refractivity (Wildman–Crippen MR) is 85.1 cm³/mol. The van der Waals surface area contributed by atoms with Crippen molar-refractivity contribution in [1.29, 1.82) is 0 Å². The molecule has 0 radical (unpaired) electrons. The van der Waals surface area contributed by atoms with Crippen molar-refractivity contribution in [3.8, 4) is 5.75 Å². The summed E-state index contributed by atoms with van der Waals surface area (Å²) < 4.78 is 5.96. The number of nitrogens with zero attached hydrogens (tertiary/aromatic N) is 1. The third-order valence-corrected chi connectivity index (χ3v) is 3.84. The molecule has 2 aromatic carbocycles. The maximum atomic E-state index is 5.96. The van der Waals surface area contributed by atoms with Gasteiger partial charge in [-0.25, -0.2) is 0 Å². The maximum Gasteiger partial charge on any atom is 0.123 e. The van der Waals surface area contributed by atoms with Gasteiger partial charge in [-0.2, -0.15) is 0 Å². The van der Waals surface area contributed by atoms with Crippen LogP contribution in [0, 0.1) is 0 Å². The first-order chi connectivity index (χ1) is 9.88. The van der Waals surface area contributed by atoms with Gasteiger partial charge in [0.2, 0.25) is 0 Å². The molecule has 0 unspecified atom stereocenters. The third kappa shape index (κ3) is 2.68. The molecule has 1 heterocycles. The molecule has 0 fully saturated rings. The molecule has 0 saturated heterocycles. The Hall–Kier alpha value is -1.87. The van der Waals surface area contributed by atoms with Gasteiger partial charge < -0.3 is 4.74 Å². The van der Waals surface area contributed by atoms with E-state index in [1.54, 1.807) is 0 Å². The summed E-state index contributed by atoms with van der Waals surface area (Å²) in [5.41, 5.74) is 3.31. The van der Waals surface area contributed by atoms with Crippen LogP contribution in [-0.4, -0.2) is 4.98 Å². The zero-order valence-corrected chi connectivity index (χ0v) is 12.5. The maximum absolute atomic E-state index is 5.96. The third-order valence-electron chi connectivity index (χ3n) is 3.24. The van der Waals surface area contributed by atoms with Crippen molar-refractivity contribution in [3.05, 3.63) is 71.9 Å². The number of aromatic nitrogens is 1. The van der Waals surface area contributed by atoms with E-state index in [2.05, 4.69) is 33.0 Å². The first-order valence-corrected chi connectivity index (χ1v) is 7.60. The quantitative estimate of drug-likeness (QED) is 0.647. The van der Waals surface area contributed by atoms with Gasteiger partial charge in [-0.15, -0.1) is 0 Å². The Morgan fingerprint density at radius 2 is 1.70 bits per heavy atom. The number of para-hydroxylation sites is 2. The normalized spacial score (nSPS) is 10.7. The summed E-state index contributed by atoms with van der Waals surface area (Å²) >= 11 is 3.48. The fraction of sp³-hybridized carbons (Fsp3) is 0.118. The van der Waals surface area contributed by atoms with E-state index in [0.717, 1.165) is 33.1 Å². The zero-order chi connectivity index (χ0) is 13.8. The van der Waals surface area contributed by atoms with Crippen molar-refractivity contribution in [2.24, 2.45) is 0 Å². The summed E-state index contributed by atoms with van der Waals surface area (Å²) in [6, 6.07) is 18.2. The Bertz CT molecular complexity index is 722. The molecule has 0 N–H and O–H groups in total. The number of hydrogen-bond acceptors (Lipinski definition) is 2. The highest BCUT2D eigenvalue weighted by Crippen LogP contribution is 2.23. The van der Waals surface area contributed by atoms with Gasteiger partial charge in [0.05, 0.1) is 5.52 Å². The number of pyridine rings is 1. The molecular formula is C17H14BrNO. The highest BCUT2D eigenvalue weighted by atomic mass is 79.9. The minimum absolute atomic E-state index is 0.549. The molecule has 0 saturated carbocycles. The number of hydrogen-bond donors (Lipinski definition) is 0. The van der Waals surface area contributed by atoms with E-state index in [9.17, 15) is 0 Å². The fourth-order valence-corrected chi connectivity index (χ4v) is 2.65. The number of alkyl halides is 1. The lowest BCUT2D eigenvalue weighted by Gasteiger charge is -2.11. The Labute approximate surface area is 126 Å². The molecule has 0 atom stereocenters. The minimum atomic E-state index is 0.549. The van der Waals surface area contributed by atoms with Crippen molar-refractivity contribution < 1.29 is 4.74 Å². The summed E-state index contributed by atoms with van der Waals surface area (Å²) in [4.78, 5) is 4.37. The van der Waals surface area contributed by atoms with E-state index in [4.69, 9.17) is 4.74 Å². The van der Waals surface area contributed by atoms with E-state index in [0.29, 0.717) is 6.61 Å². The Morgan fingerprint density at radius 1 is 0.900 bits per heavy atom. The van der Waals surface area contributed by atoms with Gasteiger partial charge in [-0.05, 0) is 18.2 Å². The number of fused-ring (bicyclic) bond motifs is 1. The minimum Gasteiger partial charge on any atom is -0.489 e. The summed E-state index contributed by atoms with van der Waals surface area (Å²) in [5, 5.41) is 1.94. The van der Waals surface area contributed by atoms with Crippen LogP contribution in [0.15, 0.2) is 60.8 Å². The lowest BCUT2D eigenvalue weighted by atomic mass is 10.1. The van der Waals surface area contributed by atoms with Crippen LogP contribution >= 0.6 is 15.9 Å². The second kappa shape index (κ2) is 6.06. The monoisotopic (exact) mass is 327 g/mol. The number of benzene rings is 2. The van der Waals surface area contributed by atoms with Crippen molar-refractivity contribution in [1.82, 2.24) is 4.98 Å². The highest BCUT2D eigenvalue weighted by Gasteiger charge is 2.05. The highest BCUT2D eigenvalue weighted by molar-refractivity contribution is 9.08. The SMILES string of the molecule is BrCc1ccccc1OCc1ccnc2ccccc12. The van der Waals surface area contributed by atoms with Crippen molar-refractivity contribution in [2.45, 2.75) is 11.9 Å². The van der Waals surface area contributed by atoms with Crippen LogP contribution < -0.4 is 4.74 Å². The van der Waals surface area contributed by atoms with Crippen molar-refractivity contribution >= 4 is 26.8 Å². The van der Waals surface area contributed by atoms with E-state index in [-0.39, 0.29) is 0 Å². The van der Waals surface area contributed by atoms with Crippen LogP contribution in [0.5, 0.6) is 5.75 Å². The molecule has 3 aromatic rings. The van der Waals surface area contributed by atoms with Crippen LogP contribution in [0.4, 0.5) is 0 Å². The van der Waals surface area contributed by atoms with E-state index < -0.39 is 0 Å². The van der Waals surface area contributed by atoms with Gasteiger partial charge >= 0.3 is 0 Å². The largest absolute Gasteiger partial charge is 0.489 e. The molecule has 20 heavy (non-hydrogen) atoms. The number of rotatable bonds is 4. The lowest BCUT2D eigenvalue weighted by Crippen LogP contribution is -1.99. The molecule has 3 heteroatoms. The lowest BCUT2D eigenvalue weighted by molar-refractivity contribution is 0.305. The molecule has 0 bridgehead atoms. The van der Waals surface area contributed by atoms with E-state index >= 15 is 0 Å². The molecule has 0 amide bonds. The second-order valence-electron chi connectivity index (χ2n) is 4.52. The van der Waals surface area contributed by atoms with Gasteiger partial charge in [0.25, 0.3) is 0 Å². The molecule has 2 nitrogen and oxygen atoms in total. The van der Waals surface area contributed by atoms with Crippen LogP contribution in [-0.2, 0) is 11.9 Å². The number of halogens is 1. The Kier molecular flexibility index (Phi) is 3.97. The average molecular weight is 328 g/mol. The Balaban J connectivity index is 1.87. The van der Waals surface area contributed by atoms with Crippen LogP contribution in [0.25, 0.3) is 10.9 Å². The van der Waals surface area contributed by atoms with E-state index in [1.807, 2.05) is 48.7 Å². The molecule has 3 rings (SSSR count). The summed E-state index contributed by atoms with van der Waals surface area (Å²) in [5.74, 6) is 0.922. The average Bonchev–Trinajstić information content (AvgIpc) is 2.53. The van der Waals surface area contributed by atoms with Crippen LogP contribution in [0.1, 0.15) is 11.1 Å². The standard InChI is InChI=1S/C17H14BrNO/c18-11-13-5-1-4-8-17(13)20-12-14-9-10-19-16-7-3-2-6-15(14)16/h1-10H,11-12H2. The van der Waals surface area contributed by atoms with Crippen LogP contribution in [0.2, 0.25) is 0 Å². The predicted octanol–water partition coefficient (Wildman–Crippen LogP) is 4.71. The molecule has 0 aliphatic carbocycles. The van der Waals surface area contributed by atoms with E-state index in [1.165, 1.54) is 0 Å². The molecule has 100 valence electrons. The van der Waals surface area contributed by atoms with Gasteiger partial charge in [-0.1, -0.05) is 52.3 Å². The zero-order valence-electron chi connectivity index (χ0n) is 10.9. The topological polar surface area (TPSA) is 22.1 Å². The second-order valence-corrected chi connectivity index (χ2v) is 5.08. The molecule has 0 aliphatic rings. The molecular weight excluding hydrogens is 314 g/mol. The fourth-order valence-electron chi connectivity index (χ4n) is 2.19. The van der Waals surface area contributed by atoms with Crippen molar-refractivity contribution in [3.63, 3.8) is 0 Å².